The summed E-state index contributed by atoms with van der Waals surface area (Å²) in [5.41, 5.74) is 23.6. The van der Waals surface area contributed by atoms with E-state index in [9.17, 15) is 0 Å². The Kier molecular flexibility index (Phi) is 8.84. The van der Waals surface area contributed by atoms with E-state index in [4.69, 9.17) is 0 Å². The number of fused-ring (bicyclic) bond motifs is 12. The lowest BCUT2D eigenvalue weighted by atomic mass is 9.65. The summed E-state index contributed by atoms with van der Waals surface area (Å²) >= 11 is 0. The average Bonchev–Trinajstić information content (AvgIpc) is 3.92. The summed E-state index contributed by atoms with van der Waals surface area (Å²) in [6.45, 7) is 0. The highest BCUT2D eigenvalue weighted by molar-refractivity contribution is 6.15. The lowest BCUT2D eigenvalue weighted by Crippen LogP contribution is -2.33. The first-order chi connectivity index (χ1) is 34.3. The van der Waals surface area contributed by atoms with Crippen LogP contribution < -0.4 is 4.90 Å². The summed E-state index contributed by atoms with van der Waals surface area (Å²) in [6.07, 6.45) is 0. The lowest BCUT2D eigenvalue weighted by molar-refractivity contribution is 0.748. The average molecular weight is 877 g/mol. The molecule has 2 aliphatic rings. The van der Waals surface area contributed by atoms with E-state index in [1.165, 1.54) is 88.7 Å². The first kappa shape index (κ1) is 39.2. The molecule has 2 heterocycles. The predicted molar refractivity (Wildman–Crippen MR) is 288 cm³/mol. The Morgan fingerprint density at radius 2 is 0.754 bits per heavy atom. The monoisotopic (exact) mass is 876 g/mol. The van der Waals surface area contributed by atoms with Crippen LogP contribution in [0.2, 0.25) is 0 Å². The highest BCUT2D eigenvalue weighted by Crippen LogP contribution is 2.62. The van der Waals surface area contributed by atoms with Gasteiger partial charge < -0.3 is 9.47 Å². The van der Waals surface area contributed by atoms with Gasteiger partial charge in [0, 0.05) is 27.6 Å². The van der Waals surface area contributed by atoms with Crippen LogP contribution in [0.4, 0.5) is 17.1 Å². The Balaban J connectivity index is 1.11. The molecule has 1 aliphatic carbocycles. The minimum atomic E-state index is -0.597. The molecule has 14 rings (SSSR count). The smallest absolute Gasteiger partial charge is 0.0755 e. The molecule has 1 spiro atoms. The zero-order chi connectivity index (χ0) is 45.5. The molecule has 0 bridgehead atoms. The van der Waals surface area contributed by atoms with E-state index in [1.807, 2.05) is 0 Å². The van der Waals surface area contributed by atoms with Crippen LogP contribution >= 0.6 is 0 Å². The van der Waals surface area contributed by atoms with Crippen LogP contribution in [0.1, 0.15) is 22.3 Å². The normalized spacial score (nSPS) is 12.8. The number of aromatic nitrogens is 1. The fourth-order valence-corrected chi connectivity index (χ4v) is 12.0. The van der Waals surface area contributed by atoms with E-state index in [-0.39, 0.29) is 0 Å². The van der Waals surface area contributed by atoms with Gasteiger partial charge in [-0.05, 0) is 103 Å². The van der Waals surface area contributed by atoms with Crippen LogP contribution in [0.5, 0.6) is 0 Å². The number of anilines is 3. The molecule has 2 heteroatoms. The topological polar surface area (TPSA) is 8.17 Å². The molecule has 11 aromatic carbocycles. The van der Waals surface area contributed by atoms with E-state index >= 15 is 0 Å². The predicted octanol–water partition coefficient (Wildman–Crippen LogP) is 17.6. The maximum atomic E-state index is 2.56. The summed E-state index contributed by atoms with van der Waals surface area (Å²) in [6, 6.07) is 98.8. The number of hydrogen-bond acceptors (Lipinski definition) is 1. The Morgan fingerprint density at radius 3 is 1.45 bits per heavy atom. The molecule has 322 valence electrons. The number of rotatable bonds is 7. The van der Waals surface area contributed by atoms with E-state index in [0.717, 1.165) is 33.8 Å². The fraction of sp³-hybridized carbons (Fsp3) is 0.0149. The summed E-state index contributed by atoms with van der Waals surface area (Å²) in [5, 5.41) is 2.46. The van der Waals surface area contributed by atoms with Crippen molar-refractivity contribution in [3.8, 4) is 61.3 Å². The molecule has 0 amide bonds. The molecular formula is C67H44N2. The van der Waals surface area contributed by atoms with E-state index < -0.39 is 5.41 Å². The Hall–Kier alpha value is -8.98. The maximum absolute atomic E-state index is 2.56. The van der Waals surface area contributed by atoms with Gasteiger partial charge in [0.05, 0.1) is 33.5 Å². The summed E-state index contributed by atoms with van der Waals surface area (Å²) in [5.74, 6) is 0. The van der Waals surface area contributed by atoms with Crippen molar-refractivity contribution in [1.82, 2.24) is 4.57 Å². The van der Waals surface area contributed by atoms with Crippen LogP contribution in [0.15, 0.2) is 267 Å². The molecule has 0 fully saturated rings. The van der Waals surface area contributed by atoms with E-state index in [0.29, 0.717) is 0 Å². The second-order valence-corrected chi connectivity index (χ2v) is 18.3. The number of para-hydroxylation sites is 4. The van der Waals surface area contributed by atoms with Gasteiger partial charge in [-0.25, -0.2) is 0 Å². The van der Waals surface area contributed by atoms with Crippen LogP contribution in [0.3, 0.4) is 0 Å². The van der Waals surface area contributed by atoms with Gasteiger partial charge in [-0.15, -0.1) is 0 Å². The second-order valence-electron chi connectivity index (χ2n) is 18.3. The molecule has 0 unspecified atom stereocenters. The molecule has 0 radical (unpaired) electrons. The molecule has 0 atom stereocenters. The minimum absolute atomic E-state index is 0.597. The zero-order valence-corrected chi connectivity index (χ0v) is 37.8. The highest BCUT2D eigenvalue weighted by atomic mass is 15.1. The molecule has 12 aromatic rings. The van der Waals surface area contributed by atoms with Crippen molar-refractivity contribution in [2.45, 2.75) is 5.41 Å². The van der Waals surface area contributed by atoms with Gasteiger partial charge in [0.2, 0.25) is 0 Å². The summed E-state index contributed by atoms with van der Waals surface area (Å²) in [7, 11) is 0. The van der Waals surface area contributed by atoms with E-state index in [1.54, 1.807) is 0 Å². The number of hydrogen-bond donors (Lipinski definition) is 0. The van der Waals surface area contributed by atoms with Crippen molar-refractivity contribution in [3.05, 3.63) is 289 Å². The fourth-order valence-electron chi connectivity index (χ4n) is 12.0. The van der Waals surface area contributed by atoms with Crippen molar-refractivity contribution >= 4 is 38.9 Å². The van der Waals surface area contributed by atoms with Crippen molar-refractivity contribution in [2.24, 2.45) is 0 Å². The van der Waals surface area contributed by atoms with Crippen LogP contribution in [0.25, 0.3) is 83.1 Å². The largest absolute Gasteiger partial charge is 0.309 e. The van der Waals surface area contributed by atoms with Gasteiger partial charge in [0.1, 0.15) is 0 Å². The Labute approximate surface area is 402 Å². The molecule has 0 saturated carbocycles. The third-order valence-electron chi connectivity index (χ3n) is 14.8. The Bertz CT molecular complexity index is 3910. The second kappa shape index (κ2) is 15.6. The van der Waals surface area contributed by atoms with Crippen molar-refractivity contribution in [2.75, 3.05) is 4.90 Å². The molecule has 1 aromatic heterocycles. The van der Waals surface area contributed by atoms with E-state index in [2.05, 4.69) is 276 Å². The third-order valence-corrected chi connectivity index (χ3v) is 14.8. The maximum Gasteiger partial charge on any atom is 0.0755 e. The number of nitrogens with zero attached hydrogens (tertiary/aromatic N) is 2. The highest BCUT2D eigenvalue weighted by Gasteiger charge is 2.51. The molecule has 0 saturated heterocycles. The van der Waals surface area contributed by atoms with Gasteiger partial charge >= 0.3 is 0 Å². The first-order valence-corrected chi connectivity index (χ1v) is 23.9. The van der Waals surface area contributed by atoms with Gasteiger partial charge in [-0.1, -0.05) is 231 Å². The third kappa shape index (κ3) is 5.79. The lowest BCUT2D eigenvalue weighted by Gasteiger charge is -2.40. The molecule has 69 heavy (non-hydrogen) atoms. The van der Waals surface area contributed by atoms with Crippen molar-refractivity contribution < 1.29 is 0 Å². The standard InChI is InChI=1S/C67H44N2/c1-3-21-45(22-4-1)46-39-41-48(42-40-46)51-26-11-17-35-62(51)68(63-36-18-12-30-55(63)52-27-8-7-25-50(52)47-23-5-2-6-24-47)49-43-57-56-31-13-19-37-64(56)69-65-38-20-16-34-60(65)67(61(44-49)66(57)69)58-32-14-9-28-53(58)54-29-10-15-33-59(54)67/h1-44H. The first-order valence-electron chi connectivity index (χ1n) is 23.9. The summed E-state index contributed by atoms with van der Waals surface area (Å²) in [4.78, 5) is 2.56. The number of benzene rings is 11. The van der Waals surface area contributed by atoms with Gasteiger partial charge in [0.25, 0.3) is 0 Å². The van der Waals surface area contributed by atoms with Gasteiger partial charge in [0.15, 0.2) is 0 Å². The zero-order valence-electron chi connectivity index (χ0n) is 37.8. The quantitative estimate of drug-likeness (QED) is 0.155. The molecular weight excluding hydrogens is 833 g/mol. The van der Waals surface area contributed by atoms with Crippen molar-refractivity contribution in [1.29, 1.82) is 0 Å². The molecule has 0 N–H and O–H groups in total. The Morgan fingerprint density at radius 1 is 0.290 bits per heavy atom. The summed E-state index contributed by atoms with van der Waals surface area (Å²) < 4.78 is 2.55. The van der Waals surface area contributed by atoms with Crippen LogP contribution in [-0.2, 0) is 5.41 Å². The van der Waals surface area contributed by atoms with Gasteiger partial charge in [-0.2, -0.15) is 0 Å². The van der Waals surface area contributed by atoms with Crippen LogP contribution in [0, 0.1) is 0 Å². The SMILES string of the molecule is c1ccc(-c2ccc(-c3ccccc3N(c3cc4c5c(c3)c3ccccc3n5-c3ccccc3C43c4ccccc4-c4ccccc43)c3ccccc3-c3ccccc3-c3ccccc3)cc2)cc1. The van der Waals surface area contributed by atoms with Gasteiger partial charge in [-0.3, -0.25) is 0 Å². The molecule has 1 aliphatic heterocycles. The molecule has 2 nitrogen and oxygen atoms in total. The minimum Gasteiger partial charge on any atom is -0.309 e. The van der Waals surface area contributed by atoms with Crippen molar-refractivity contribution in [3.63, 3.8) is 0 Å². The van der Waals surface area contributed by atoms with Crippen LogP contribution in [-0.4, -0.2) is 4.57 Å².